The summed E-state index contributed by atoms with van der Waals surface area (Å²) < 4.78 is 0. The van der Waals surface area contributed by atoms with Gasteiger partial charge in [0.25, 0.3) is 5.91 Å². The maximum atomic E-state index is 12.3. The fraction of sp³-hybridized carbons (Fsp3) is 0.182. The molecule has 0 saturated carbocycles. The van der Waals surface area contributed by atoms with Gasteiger partial charge in [-0.15, -0.1) is 0 Å². The third-order valence-corrected chi connectivity index (χ3v) is 4.15. The van der Waals surface area contributed by atoms with Crippen molar-refractivity contribution in [1.29, 1.82) is 0 Å². The molecule has 4 rings (SSSR count). The van der Waals surface area contributed by atoms with Crippen LogP contribution in [0.15, 0.2) is 48.5 Å². The summed E-state index contributed by atoms with van der Waals surface area (Å²) in [7, 11) is 0. The molecule has 2 heterocycles. The number of amides is 1. The van der Waals surface area contributed by atoms with Crippen molar-refractivity contribution in [2.24, 2.45) is 0 Å². The van der Waals surface area contributed by atoms with Crippen LogP contribution in [0.4, 0.5) is 5.69 Å². The van der Waals surface area contributed by atoms with Crippen LogP contribution in [-0.4, -0.2) is 26.8 Å². The first-order valence-electron chi connectivity index (χ1n) is 8.77. The Balaban J connectivity index is 0.000000906. The number of phenols is 1. The minimum Gasteiger partial charge on any atom is -0.508 e. The van der Waals surface area contributed by atoms with Gasteiger partial charge in [0.05, 0.1) is 5.69 Å². The SMILES string of the molecule is C.CC.CC(=O)c1cc2c([nH]1)[nH]c1cc(NC(=O)c3ccc(O)cc3)ccc12. The van der Waals surface area contributed by atoms with E-state index in [1.54, 1.807) is 12.1 Å². The quantitative estimate of drug-likeness (QED) is 0.355. The van der Waals surface area contributed by atoms with Crippen LogP contribution in [0.5, 0.6) is 5.75 Å². The van der Waals surface area contributed by atoms with Gasteiger partial charge < -0.3 is 20.4 Å². The molecule has 28 heavy (non-hydrogen) atoms. The predicted molar refractivity (Wildman–Crippen MR) is 114 cm³/mol. The molecule has 2 aromatic heterocycles. The molecule has 0 atom stereocenters. The molecular weight excluding hydrogens is 354 g/mol. The van der Waals surface area contributed by atoms with Crippen molar-refractivity contribution in [2.75, 3.05) is 5.32 Å². The Morgan fingerprint density at radius 2 is 1.61 bits per heavy atom. The molecule has 4 N–H and O–H groups in total. The number of hydrogen-bond acceptors (Lipinski definition) is 3. The zero-order valence-electron chi connectivity index (χ0n) is 15.4. The molecule has 0 radical (unpaired) electrons. The van der Waals surface area contributed by atoms with Gasteiger partial charge in [-0.05, 0) is 42.5 Å². The molecule has 146 valence electrons. The largest absolute Gasteiger partial charge is 0.508 e. The number of ketones is 1. The van der Waals surface area contributed by atoms with E-state index in [0.717, 1.165) is 21.9 Å². The highest BCUT2D eigenvalue weighted by atomic mass is 16.3. The third-order valence-electron chi connectivity index (χ3n) is 4.15. The van der Waals surface area contributed by atoms with Crippen LogP contribution < -0.4 is 5.32 Å². The number of Topliss-reactive ketones (excluding diaryl/α,β-unsaturated/α-hetero) is 1. The van der Waals surface area contributed by atoms with E-state index in [1.165, 1.54) is 19.1 Å². The van der Waals surface area contributed by atoms with Gasteiger partial charge in [-0.2, -0.15) is 0 Å². The standard InChI is InChI=1S/C19H15N3O3.C2H6.CH4/c1-10(23)16-9-15-14-7-4-12(8-17(14)22-18(15)21-16)20-19(25)11-2-5-13(24)6-3-11;1-2;/h2-9,21-22,24H,1H3,(H,20,25);1-2H3;1H4. The van der Waals surface area contributed by atoms with Gasteiger partial charge in [0.2, 0.25) is 0 Å². The van der Waals surface area contributed by atoms with E-state index in [2.05, 4.69) is 15.3 Å². The number of carbonyl (C=O) groups is 2. The topological polar surface area (TPSA) is 98.0 Å². The number of aromatic amines is 2. The zero-order valence-corrected chi connectivity index (χ0v) is 15.4. The second-order valence-electron chi connectivity index (χ2n) is 5.91. The lowest BCUT2D eigenvalue weighted by Crippen LogP contribution is -2.11. The first-order chi connectivity index (χ1) is 13.0. The summed E-state index contributed by atoms with van der Waals surface area (Å²) >= 11 is 0. The van der Waals surface area contributed by atoms with Crippen molar-refractivity contribution in [2.45, 2.75) is 28.2 Å². The van der Waals surface area contributed by atoms with Crippen molar-refractivity contribution < 1.29 is 14.7 Å². The van der Waals surface area contributed by atoms with Crippen LogP contribution in [0, 0.1) is 0 Å². The third kappa shape index (κ3) is 3.91. The molecule has 0 aliphatic carbocycles. The summed E-state index contributed by atoms with van der Waals surface area (Å²) in [5.74, 6) is -0.157. The van der Waals surface area contributed by atoms with E-state index in [9.17, 15) is 14.7 Å². The van der Waals surface area contributed by atoms with Crippen LogP contribution >= 0.6 is 0 Å². The molecule has 0 aliphatic heterocycles. The van der Waals surface area contributed by atoms with Crippen LogP contribution in [-0.2, 0) is 0 Å². The van der Waals surface area contributed by atoms with E-state index in [1.807, 2.05) is 38.1 Å². The first kappa shape index (κ1) is 20.8. The highest BCUT2D eigenvalue weighted by Gasteiger charge is 2.12. The highest BCUT2D eigenvalue weighted by molar-refractivity contribution is 6.11. The van der Waals surface area contributed by atoms with Crippen molar-refractivity contribution >= 4 is 39.3 Å². The van der Waals surface area contributed by atoms with Gasteiger partial charge in [0.1, 0.15) is 11.4 Å². The van der Waals surface area contributed by atoms with E-state index >= 15 is 0 Å². The number of fused-ring (bicyclic) bond motifs is 3. The molecule has 1 amide bonds. The molecular formula is C22H25N3O3. The lowest BCUT2D eigenvalue weighted by Gasteiger charge is -2.05. The predicted octanol–water partition coefficient (Wildman–Crippen LogP) is 5.47. The molecule has 2 aromatic carbocycles. The number of aromatic hydroxyl groups is 1. The molecule has 0 saturated heterocycles. The normalized spacial score (nSPS) is 10.1. The van der Waals surface area contributed by atoms with Crippen molar-refractivity contribution in [1.82, 2.24) is 9.97 Å². The monoisotopic (exact) mass is 379 g/mol. The Hall–Kier alpha value is -3.54. The number of hydrogen-bond donors (Lipinski definition) is 4. The Labute approximate surface area is 163 Å². The fourth-order valence-electron chi connectivity index (χ4n) is 2.87. The van der Waals surface area contributed by atoms with Gasteiger partial charge in [0.15, 0.2) is 5.78 Å². The van der Waals surface area contributed by atoms with Gasteiger partial charge in [0, 0.05) is 34.5 Å². The molecule has 0 fully saturated rings. The molecule has 6 heteroatoms. The molecule has 0 aliphatic rings. The second kappa shape index (κ2) is 8.43. The molecule has 4 aromatic rings. The zero-order chi connectivity index (χ0) is 19.6. The summed E-state index contributed by atoms with van der Waals surface area (Å²) in [5, 5.41) is 14.0. The van der Waals surface area contributed by atoms with Crippen LogP contribution in [0.1, 0.15) is 49.0 Å². The van der Waals surface area contributed by atoms with Crippen molar-refractivity contribution in [3.63, 3.8) is 0 Å². The fourth-order valence-corrected chi connectivity index (χ4v) is 2.87. The van der Waals surface area contributed by atoms with Crippen LogP contribution in [0.3, 0.4) is 0 Å². The number of rotatable bonds is 3. The van der Waals surface area contributed by atoms with E-state index in [4.69, 9.17) is 0 Å². The lowest BCUT2D eigenvalue weighted by atomic mass is 10.1. The summed E-state index contributed by atoms with van der Waals surface area (Å²) in [6.45, 7) is 5.52. The molecule has 6 nitrogen and oxygen atoms in total. The Kier molecular flexibility index (Phi) is 6.26. The average molecular weight is 379 g/mol. The maximum absolute atomic E-state index is 12.3. The van der Waals surface area contributed by atoms with Crippen LogP contribution in [0.25, 0.3) is 21.9 Å². The number of phenolic OH excluding ortho intramolecular Hbond substituents is 1. The van der Waals surface area contributed by atoms with Gasteiger partial charge >= 0.3 is 0 Å². The van der Waals surface area contributed by atoms with E-state index in [-0.39, 0.29) is 24.9 Å². The maximum Gasteiger partial charge on any atom is 0.255 e. The Morgan fingerprint density at radius 1 is 0.929 bits per heavy atom. The Bertz CT molecular complexity index is 1120. The smallest absolute Gasteiger partial charge is 0.255 e. The van der Waals surface area contributed by atoms with Crippen molar-refractivity contribution in [3.8, 4) is 5.75 Å². The average Bonchev–Trinajstić information content (AvgIpc) is 3.21. The number of H-pyrrole nitrogens is 2. The minimum atomic E-state index is -0.254. The number of anilines is 1. The summed E-state index contributed by atoms with van der Waals surface area (Å²) in [6, 6.07) is 13.4. The van der Waals surface area contributed by atoms with Gasteiger partial charge in [-0.25, -0.2) is 0 Å². The first-order valence-corrected chi connectivity index (χ1v) is 8.77. The number of nitrogens with one attached hydrogen (secondary N) is 3. The van der Waals surface area contributed by atoms with E-state index in [0.29, 0.717) is 16.9 Å². The lowest BCUT2D eigenvalue weighted by molar-refractivity contribution is 0.101. The van der Waals surface area contributed by atoms with E-state index < -0.39 is 0 Å². The second-order valence-corrected chi connectivity index (χ2v) is 5.91. The van der Waals surface area contributed by atoms with Gasteiger partial charge in [-0.1, -0.05) is 27.3 Å². The molecule has 0 bridgehead atoms. The Morgan fingerprint density at radius 3 is 2.25 bits per heavy atom. The summed E-state index contributed by atoms with van der Waals surface area (Å²) in [4.78, 5) is 30.0. The highest BCUT2D eigenvalue weighted by Crippen LogP contribution is 2.28. The van der Waals surface area contributed by atoms with Crippen LogP contribution in [0.2, 0.25) is 0 Å². The number of carbonyl (C=O) groups excluding carboxylic acids is 2. The summed E-state index contributed by atoms with van der Waals surface area (Å²) in [5.41, 5.74) is 3.32. The minimum absolute atomic E-state index is 0. The number of benzene rings is 2. The van der Waals surface area contributed by atoms with Crippen molar-refractivity contribution in [3.05, 3.63) is 59.8 Å². The number of aromatic nitrogens is 2. The molecule has 0 spiro atoms. The van der Waals surface area contributed by atoms with Gasteiger partial charge in [-0.3, -0.25) is 9.59 Å². The summed E-state index contributed by atoms with van der Waals surface area (Å²) in [6.07, 6.45) is 0. The molecule has 0 unspecified atom stereocenters.